The van der Waals surface area contributed by atoms with Gasteiger partial charge in [-0.1, -0.05) is 6.07 Å². The van der Waals surface area contributed by atoms with Crippen molar-refractivity contribution in [1.82, 2.24) is 0 Å². The van der Waals surface area contributed by atoms with Crippen LogP contribution in [0.1, 0.15) is 11.3 Å². The minimum atomic E-state index is 0.747. The first-order valence-corrected chi connectivity index (χ1v) is 5.26. The molecule has 0 saturated heterocycles. The highest BCUT2D eigenvalue weighted by Crippen LogP contribution is 2.23. The second-order valence-corrected chi connectivity index (χ2v) is 3.98. The Hall–Kier alpha value is -1.90. The minimum absolute atomic E-state index is 0.747. The number of anilines is 2. The third kappa shape index (κ3) is 2.19. The summed E-state index contributed by atoms with van der Waals surface area (Å²) in [5, 5.41) is 0. The molecule has 0 aliphatic carbocycles. The van der Waals surface area contributed by atoms with Crippen molar-refractivity contribution >= 4 is 11.4 Å². The summed E-state index contributed by atoms with van der Waals surface area (Å²) < 4.78 is 5.32. The van der Waals surface area contributed by atoms with Crippen LogP contribution in [0.3, 0.4) is 0 Å². The second-order valence-electron chi connectivity index (χ2n) is 3.98. The van der Waals surface area contributed by atoms with Gasteiger partial charge in [-0.3, -0.25) is 0 Å². The molecule has 1 aromatic heterocycles. The Morgan fingerprint density at radius 3 is 2.81 bits per heavy atom. The molecule has 1 aromatic carbocycles. The molecule has 0 spiro atoms. The standard InChI is InChI=1S/C13H16N2O/c1-10-5-6-11(14)8-13(10)15(2)9-12-4-3-7-16-12/h3-8H,9,14H2,1-2H3. The summed E-state index contributed by atoms with van der Waals surface area (Å²) in [5.41, 5.74) is 8.92. The molecule has 16 heavy (non-hydrogen) atoms. The van der Waals surface area contributed by atoms with Gasteiger partial charge in [0.25, 0.3) is 0 Å². The molecule has 2 rings (SSSR count). The lowest BCUT2D eigenvalue weighted by atomic mass is 10.1. The normalized spacial score (nSPS) is 10.4. The van der Waals surface area contributed by atoms with Gasteiger partial charge in [0.15, 0.2) is 0 Å². The maximum Gasteiger partial charge on any atom is 0.123 e. The number of nitrogens with zero attached hydrogens (tertiary/aromatic N) is 1. The van der Waals surface area contributed by atoms with Crippen LogP contribution in [0.2, 0.25) is 0 Å². The number of nitrogen functional groups attached to an aromatic ring is 1. The van der Waals surface area contributed by atoms with Gasteiger partial charge in [0.2, 0.25) is 0 Å². The molecule has 2 N–H and O–H groups in total. The molecule has 3 nitrogen and oxygen atoms in total. The average molecular weight is 216 g/mol. The van der Waals surface area contributed by atoms with Crippen molar-refractivity contribution < 1.29 is 4.42 Å². The number of hydrogen-bond donors (Lipinski definition) is 1. The molecule has 0 atom stereocenters. The van der Waals surface area contributed by atoms with Crippen LogP contribution in [0.25, 0.3) is 0 Å². The Morgan fingerprint density at radius 1 is 1.31 bits per heavy atom. The molecule has 0 fully saturated rings. The highest BCUT2D eigenvalue weighted by Gasteiger charge is 2.07. The van der Waals surface area contributed by atoms with Gasteiger partial charge in [-0.25, -0.2) is 0 Å². The van der Waals surface area contributed by atoms with Crippen LogP contribution in [0.5, 0.6) is 0 Å². The fraction of sp³-hybridized carbons (Fsp3) is 0.231. The van der Waals surface area contributed by atoms with Crippen molar-refractivity contribution in [2.45, 2.75) is 13.5 Å². The number of furan rings is 1. The predicted octanol–water partition coefficient (Wildman–Crippen LogP) is 2.81. The largest absolute Gasteiger partial charge is 0.467 e. The molecule has 0 amide bonds. The molecule has 2 aromatic rings. The van der Waals surface area contributed by atoms with E-state index in [-0.39, 0.29) is 0 Å². The van der Waals surface area contributed by atoms with Crippen LogP contribution < -0.4 is 10.6 Å². The van der Waals surface area contributed by atoms with E-state index in [1.807, 2.05) is 37.4 Å². The Morgan fingerprint density at radius 2 is 2.12 bits per heavy atom. The second kappa shape index (κ2) is 4.31. The lowest BCUT2D eigenvalue weighted by molar-refractivity contribution is 0.507. The summed E-state index contributed by atoms with van der Waals surface area (Å²) in [6.07, 6.45) is 1.69. The van der Waals surface area contributed by atoms with Gasteiger partial charge in [-0.05, 0) is 36.8 Å². The van der Waals surface area contributed by atoms with Crippen LogP contribution in [-0.2, 0) is 6.54 Å². The molecular formula is C13H16N2O. The first kappa shape index (κ1) is 10.6. The van der Waals surface area contributed by atoms with E-state index in [4.69, 9.17) is 10.2 Å². The molecule has 0 bridgehead atoms. The summed E-state index contributed by atoms with van der Waals surface area (Å²) >= 11 is 0. The van der Waals surface area contributed by atoms with E-state index in [2.05, 4.69) is 11.8 Å². The first-order chi connectivity index (χ1) is 7.66. The van der Waals surface area contributed by atoms with E-state index in [0.717, 1.165) is 23.7 Å². The topological polar surface area (TPSA) is 42.4 Å². The summed E-state index contributed by atoms with van der Waals surface area (Å²) in [6.45, 7) is 2.82. The smallest absolute Gasteiger partial charge is 0.123 e. The molecule has 0 unspecified atom stereocenters. The van der Waals surface area contributed by atoms with E-state index in [9.17, 15) is 0 Å². The van der Waals surface area contributed by atoms with E-state index in [1.165, 1.54) is 5.56 Å². The Labute approximate surface area is 95.5 Å². The summed E-state index contributed by atoms with van der Waals surface area (Å²) in [7, 11) is 2.03. The first-order valence-electron chi connectivity index (χ1n) is 5.26. The number of aryl methyl sites for hydroxylation is 1. The fourth-order valence-corrected chi connectivity index (χ4v) is 1.76. The average Bonchev–Trinajstić information content (AvgIpc) is 2.74. The molecular weight excluding hydrogens is 200 g/mol. The summed E-state index contributed by atoms with van der Waals surface area (Å²) in [5.74, 6) is 0.948. The highest BCUT2D eigenvalue weighted by atomic mass is 16.3. The quantitative estimate of drug-likeness (QED) is 0.802. The molecule has 1 heterocycles. The van der Waals surface area contributed by atoms with Crippen LogP contribution in [0.15, 0.2) is 41.0 Å². The Kier molecular flexibility index (Phi) is 2.86. The minimum Gasteiger partial charge on any atom is -0.467 e. The SMILES string of the molecule is Cc1ccc(N)cc1N(C)Cc1ccco1. The van der Waals surface area contributed by atoms with Crippen molar-refractivity contribution in [3.05, 3.63) is 47.9 Å². The van der Waals surface area contributed by atoms with Gasteiger partial charge in [0.1, 0.15) is 5.76 Å². The van der Waals surface area contributed by atoms with Crippen LogP contribution in [0, 0.1) is 6.92 Å². The Bertz CT molecular complexity index is 463. The van der Waals surface area contributed by atoms with Crippen LogP contribution >= 0.6 is 0 Å². The molecule has 0 aliphatic heterocycles. The number of hydrogen-bond acceptors (Lipinski definition) is 3. The van der Waals surface area contributed by atoms with Crippen molar-refractivity contribution in [3.8, 4) is 0 Å². The lowest BCUT2D eigenvalue weighted by Gasteiger charge is -2.20. The van der Waals surface area contributed by atoms with Crippen molar-refractivity contribution in [2.75, 3.05) is 17.7 Å². The predicted molar refractivity (Wildman–Crippen MR) is 66.4 cm³/mol. The zero-order valence-corrected chi connectivity index (χ0v) is 9.60. The molecule has 84 valence electrons. The fourth-order valence-electron chi connectivity index (χ4n) is 1.76. The number of nitrogens with two attached hydrogens (primary N) is 1. The monoisotopic (exact) mass is 216 g/mol. The van der Waals surface area contributed by atoms with Gasteiger partial charge < -0.3 is 15.1 Å². The van der Waals surface area contributed by atoms with Crippen molar-refractivity contribution in [1.29, 1.82) is 0 Å². The van der Waals surface area contributed by atoms with Gasteiger partial charge in [-0.2, -0.15) is 0 Å². The van der Waals surface area contributed by atoms with E-state index >= 15 is 0 Å². The van der Waals surface area contributed by atoms with E-state index < -0.39 is 0 Å². The zero-order valence-electron chi connectivity index (χ0n) is 9.60. The van der Waals surface area contributed by atoms with Gasteiger partial charge in [0, 0.05) is 18.4 Å². The number of benzene rings is 1. The Balaban J connectivity index is 2.20. The summed E-state index contributed by atoms with van der Waals surface area (Å²) in [6, 6.07) is 9.80. The zero-order chi connectivity index (χ0) is 11.5. The van der Waals surface area contributed by atoms with Crippen molar-refractivity contribution in [2.24, 2.45) is 0 Å². The molecule has 0 aliphatic rings. The van der Waals surface area contributed by atoms with E-state index in [0.29, 0.717) is 0 Å². The van der Waals surface area contributed by atoms with Crippen LogP contribution in [-0.4, -0.2) is 7.05 Å². The van der Waals surface area contributed by atoms with Gasteiger partial charge >= 0.3 is 0 Å². The molecule has 0 saturated carbocycles. The third-order valence-electron chi connectivity index (χ3n) is 2.62. The third-order valence-corrected chi connectivity index (χ3v) is 2.62. The number of rotatable bonds is 3. The van der Waals surface area contributed by atoms with Gasteiger partial charge in [0.05, 0.1) is 12.8 Å². The maximum absolute atomic E-state index is 5.79. The van der Waals surface area contributed by atoms with Crippen LogP contribution in [0.4, 0.5) is 11.4 Å². The lowest BCUT2D eigenvalue weighted by Crippen LogP contribution is -2.17. The van der Waals surface area contributed by atoms with Crippen molar-refractivity contribution in [3.63, 3.8) is 0 Å². The summed E-state index contributed by atoms with van der Waals surface area (Å²) in [4.78, 5) is 2.13. The van der Waals surface area contributed by atoms with E-state index in [1.54, 1.807) is 6.26 Å². The van der Waals surface area contributed by atoms with Gasteiger partial charge in [-0.15, -0.1) is 0 Å². The maximum atomic E-state index is 5.79. The molecule has 0 radical (unpaired) electrons. The molecule has 3 heteroatoms. The highest BCUT2D eigenvalue weighted by molar-refractivity contribution is 5.60.